The number of carbonyl (C=O) groups excluding carboxylic acids is 1. The highest BCUT2D eigenvalue weighted by atomic mass is 16.1. The summed E-state index contributed by atoms with van der Waals surface area (Å²) in [6, 6.07) is 16.9. The summed E-state index contributed by atoms with van der Waals surface area (Å²) in [5.74, 6) is -0.0613. The van der Waals surface area contributed by atoms with E-state index >= 15 is 0 Å². The van der Waals surface area contributed by atoms with E-state index in [1.807, 2.05) is 36.4 Å². The van der Waals surface area contributed by atoms with Crippen LogP contribution in [0.3, 0.4) is 0 Å². The van der Waals surface area contributed by atoms with Gasteiger partial charge in [-0.25, -0.2) is 4.68 Å². The predicted molar refractivity (Wildman–Crippen MR) is 79.0 cm³/mol. The predicted octanol–water partition coefficient (Wildman–Crippen LogP) is 2.56. The van der Waals surface area contributed by atoms with E-state index in [1.54, 1.807) is 30.4 Å². The van der Waals surface area contributed by atoms with Crippen molar-refractivity contribution in [2.75, 3.05) is 0 Å². The highest BCUT2D eigenvalue weighted by molar-refractivity contribution is 6.07. The fourth-order valence-corrected chi connectivity index (χ4v) is 1.91. The minimum absolute atomic E-state index is 0.0613. The first-order valence-electron chi connectivity index (χ1n) is 6.44. The van der Waals surface area contributed by atoms with Gasteiger partial charge in [0, 0.05) is 5.56 Å². The average Bonchev–Trinajstić information content (AvgIpc) is 3.08. The molecule has 102 valence electrons. The molecule has 3 rings (SSSR count). The van der Waals surface area contributed by atoms with Gasteiger partial charge in [0.15, 0.2) is 5.78 Å². The van der Waals surface area contributed by atoms with Crippen LogP contribution < -0.4 is 0 Å². The molecule has 2 aromatic carbocycles. The highest BCUT2D eigenvalue weighted by Gasteiger charge is 2.04. The van der Waals surface area contributed by atoms with Crippen molar-refractivity contribution in [2.24, 2.45) is 0 Å². The summed E-state index contributed by atoms with van der Waals surface area (Å²) in [4.78, 5) is 12.2. The molecule has 0 aliphatic heterocycles. The number of nitrogens with zero attached hydrogens (tertiary/aromatic N) is 4. The number of rotatable bonds is 4. The van der Waals surface area contributed by atoms with Crippen LogP contribution >= 0.6 is 0 Å². The van der Waals surface area contributed by atoms with E-state index in [0.29, 0.717) is 5.56 Å². The molecule has 0 N–H and O–H groups in total. The molecular weight excluding hydrogens is 264 g/mol. The Morgan fingerprint density at radius 2 is 1.90 bits per heavy atom. The Kier molecular flexibility index (Phi) is 3.64. The smallest absolute Gasteiger partial charge is 0.185 e. The van der Waals surface area contributed by atoms with E-state index < -0.39 is 0 Å². The SMILES string of the molecule is O=C(/C=C/c1ccccc1)c1cccc(-n2cnnn2)c1. The minimum atomic E-state index is -0.0613. The lowest BCUT2D eigenvalue weighted by Gasteiger charge is -2.01. The van der Waals surface area contributed by atoms with Crippen LogP contribution in [0.25, 0.3) is 11.8 Å². The quantitative estimate of drug-likeness (QED) is 0.542. The first kappa shape index (κ1) is 12.9. The Balaban J connectivity index is 1.82. The summed E-state index contributed by atoms with van der Waals surface area (Å²) < 4.78 is 1.51. The zero-order valence-electron chi connectivity index (χ0n) is 11.1. The molecule has 0 fully saturated rings. The second kappa shape index (κ2) is 5.92. The lowest BCUT2D eigenvalue weighted by Crippen LogP contribution is -1.99. The van der Waals surface area contributed by atoms with Crippen LogP contribution in [0.2, 0.25) is 0 Å². The third-order valence-corrected chi connectivity index (χ3v) is 2.97. The lowest BCUT2D eigenvalue weighted by molar-refractivity contribution is 0.104. The van der Waals surface area contributed by atoms with Crippen LogP contribution in [-0.4, -0.2) is 26.0 Å². The maximum Gasteiger partial charge on any atom is 0.185 e. The van der Waals surface area contributed by atoms with Gasteiger partial charge in [0.1, 0.15) is 6.33 Å². The molecular formula is C16H12N4O. The summed E-state index contributed by atoms with van der Waals surface area (Å²) in [6.45, 7) is 0. The normalized spacial score (nSPS) is 10.9. The summed E-state index contributed by atoms with van der Waals surface area (Å²) in [7, 11) is 0. The van der Waals surface area contributed by atoms with Gasteiger partial charge in [-0.05, 0) is 34.2 Å². The summed E-state index contributed by atoms with van der Waals surface area (Å²) in [5.41, 5.74) is 2.33. The van der Waals surface area contributed by atoms with E-state index in [4.69, 9.17) is 0 Å². The van der Waals surface area contributed by atoms with E-state index in [2.05, 4.69) is 15.5 Å². The minimum Gasteiger partial charge on any atom is -0.289 e. The molecule has 0 bridgehead atoms. The Labute approximate surface area is 121 Å². The van der Waals surface area contributed by atoms with Crippen molar-refractivity contribution >= 4 is 11.9 Å². The molecule has 5 heteroatoms. The number of tetrazole rings is 1. The largest absolute Gasteiger partial charge is 0.289 e. The van der Waals surface area contributed by atoms with Gasteiger partial charge >= 0.3 is 0 Å². The topological polar surface area (TPSA) is 60.7 Å². The van der Waals surface area contributed by atoms with E-state index in [9.17, 15) is 4.79 Å². The maximum absolute atomic E-state index is 12.2. The molecule has 0 atom stereocenters. The van der Waals surface area contributed by atoms with Crippen molar-refractivity contribution in [1.82, 2.24) is 20.2 Å². The lowest BCUT2D eigenvalue weighted by atomic mass is 10.1. The number of hydrogen-bond donors (Lipinski definition) is 0. The van der Waals surface area contributed by atoms with Crippen molar-refractivity contribution in [3.8, 4) is 5.69 Å². The van der Waals surface area contributed by atoms with Gasteiger partial charge < -0.3 is 0 Å². The van der Waals surface area contributed by atoms with E-state index in [1.165, 1.54) is 11.0 Å². The monoisotopic (exact) mass is 276 g/mol. The number of aromatic nitrogens is 4. The van der Waals surface area contributed by atoms with Gasteiger partial charge in [-0.2, -0.15) is 0 Å². The number of carbonyl (C=O) groups is 1. The van der Waals surface area contributed by atoms with Gasteiger partial charge in [0.05, 0.1) is 5.69 Å². The van der Waals surface area contributed by atoms with Crippen molar-refractivity contribution in [2.45, 2.75) is 0 Å². The third kappa shape index (κ3) is 3.09. The molecule has 0 spiro atoms. The zero-order chi connectivity index (χ0) is 14.5. The van der Waals surface area contributed by atoms with Crippen LogP contribution in [0.15, 0.2) is 67.0 Å². The van der Waals surface area contributed by atoms with Gasteiger partial charge in [-0.15, -0.1) is 5.10 Å². The summed E-state index contributed by atoms with van der Waals surface area (Å²) in [5, 5.41) is 11.0. The fourth-order valence-electron chi connectivity index (χ4n) is 1.91. The van der Waals surface area contributed by atoms with Crippen LogP contribution in [0.5, 0.6) is 0 Å². The van der Waals surface area contributed by atoms with Gasteiger partial charge in [0.25, 0.3) is 0 Å². The number of ketones is 1. The second-order valence-corrected chi connectivity index (χ2v) is 4.41. The first-order chi connectivity index (χ1) is 10.3. The Hall–Kier alpha value is -3.08. The number of allylic oxidation sites excluding steroid dienone is 1. The summed E-state index contributed by atoms with van der Waals surface area (Å²) in [6.07, 6.45) is 4.85. The van der Waals surface area contributed by atoms with E-state index in [0.717, 1.165) is 11.3 Å². The van der Waals surface area contributed by atoms with Gasteiger partial charge in [0.2, 0.25) is 0 Å². The highest BCUT2D eigenvalue weighted by Crippen LogP contribution is 2.11. The summed E-state index contributed by atoms with van der Waals surface area (Å²) >= 11 is 0. The molecule has 0 aliphatic carbocycles. The Morgan fingerprint density at radius 1 is 1.05 bits per heavy atom. The molecule has 3 aromatic rings. The molecule has 5 nitrogen and oxygen atoms in total. The first-order valence-corrected chi connectivity index (χ1v) is 6.44. The average molecular weight is 276 g/mol. The van der Waals surface area contributed by atoms with Crippen molar-refractivity contribution in [3.05, 3.63) is 78.1 Å². The van der Waals surface area contributed by atoms with Crippen LogP contribution in [0.4, 0.5) is 0 Å². The molecule has 0 aliphatic rings. The Morgan fingerprint density at radius 3 is 2.67 bits per heavy atom. The third-order valence-electron chi connectivity index (χ3n) is 2.97. The number of hydrogen-bond acceptors (Lipinski definition) is 4. The van der Waals surface area contributed by atoms with Crippen LogP contribution in [-0.2, 0) is 0 Å². The standard InChI is InChI=1S/C16H12N4O/c21-16(10-9-13-5-2-1-3-6-13)14-7-4-8-15(11-14)20-12-17-18-19-20/h1-12H/b10-9+. The molecule has 0 saturated heterocycles. The fraction of sp³-hybridized carbons (Fsp3) is 0. The van der Waals surface area contributed by atoms with Gasteiger partial charge in [-0.3, -0.25) is 4.79 Å². The molecule has 1 aromatic heterocycles. The maximum atomic E-state index is 12.2. The van der Waals surface area contributed by atoms with Crippen LogP contribution in [0.1, 0.15) is 15.9 Å². The zero-order valence-corrected chi connectivity index (χ0v) is 11.1. The second-order valence-electron chi connectivity index (χ2n) is 4.41. The number of benzene rings is 2. The Bertz CT molecular complexity index is 764. The molecule has 0 amide bonds. The molecule has 0 unspecified atom stereocenters. The molecule has 1 heterocycles. The molecule has 0 saturated carbocycles. The molecule has 0 radical (unpaired) electrons. The van der Waals surface area contributed by atoms with Crippen LogP contribution in [0, 0.1) is 0 Å². The van der Waals surface area contributed by atoms with Crippen molar-refractivity contribution in [3.63, 3.8) is 0 Å². The van der Waals surface area contributed by atoms with E-state index in [-0.39, 0.29) is 5.78 Å². The van der Waals surface area contributed by atoms with Crippen molar-refractivity contribution < 1.29 is 4.79 Å². The van der Waals surface area contributed by atoms with Gasteiger partial charge in [-0.1, -0.05) is 48.5 Å². The molecule has 21 heavy (non-hydrogen) atoms. The van der Waals surface area contributed by atoms with Crippen molar-refractivity contribution in [1.29, 1.82) is 0 Å².